The van der Waals surface area contributed by atoms with E-state index in [0.717, 1.165) is 13.0 Å². The van der Waals surface area contributed by atoms with Crippen LogP contribution in [-0.4, -0.2) is 30.1 Å². The molecule has 0 spiro atoms. The van der Waals surface area contributed by atoms with E-state index in [4.69, 9.17) is 5.73 Å². The molecule has 0 aromatic rings. The number of hydrogen-bond acceptors (Lipinski definition) is 2. The molecule has 2 unspecified atom stereocenters. The van der Waals surface area contributed by atoms with Crippen molar-refractivity contribution in [2.45, 2.75) is 58.5 Å². The molecule has 13 heavy (non-hydrogen) atoms. The van der Waals surface area contributed by atoms with Gasteiger partial charge in [-0.2, -0.15) is 0 Å². The monoisotopic (exact) mass is 186 g/mol. The Kier molecular flexibility index (Phi) is 5.57. The number of nitrogens with zero attached hydrogens (tertiary/aromatic N) is 1. The molecule has 0 aliphatic heterocycles. The third kappa shape index (κ3) is 5.27. The molecular weight excluding hydrogens is 160 g/mol. The van der Waals surface area contributed by atoms with Crippen LogP contribution in [0.4, 0.5) is 0 Å². The minimum absolute atomic E-state index is 0.0209. The molecule has 2 N–H and O–H groups in total. The topological polar surface area (TPSA) is 29.3 Å². The fourth-order valence-electron chi connectivity index (χ4n) is 1.69. The number of nitrogens with two attached hydrogens (primary N) is 1. The van der Waals surface area contributed by atoms with Crippen molar-refractivity contribution < 1.29 is 0 Å². The molecule has 0 bridgehead atoms. The maximum Gasteiger partial charge on any atom is 0.0254 e. The molecule has 0 aromatic heterocycles. The summed E-state index contributed by atoms with van der Waals surface area (Å²) in [6.45, 7) is 9.80. The average molecular weight is 186 g/mol. The van der Waals surface area contributed by atoms with Gasteiger partial charge in [-0.1, -0.05) is 20.3 Å². The fourth-order valence-corrected chi connectivity index (χ4v) is 1.69. The molecule has 0 saturated carbocycles. The summed E-state index contributed by atoms with van der Waals surface area (Å²) in [6, 6.07) is 0.639. The van der Waals surface area contributed by atoms with E-state index in [0.29, 0.717) is 6.04 Å². The molecule has 0 radical (unpaired) electrons. The second kappa shape index (κ2) is 5.61. The zero-order chi connectivity index (χ0) is 10.5. The molecule has 0 saturated heterocycles. The lowest BCUT2D eigenvalue weighted by Crippen LogP contribution is -2.48. The van der Waals surface area contributed by atoms with E-state index in [2.05, 4.69) is 39.6 Å². The largest absolute Gasteiger partial charge is 0.324 e. The van der Waals surface area contributed by atoms with E-state index in [9.17, 15) is 0 Å². The first kappa shape index (κ1) is 12.9. The molecule has 0 rings (SSSR count). The normalized spacial score (nSPS) is 18.7. The zero-order valence-corrected chi connectivity index (χ0v) is 9.93. The maximum absolute atomic E-state index is 6.18. The molecule has 0 aliphatic rings. The van der Waals surface area contributed by atoms with Gasteiger partial charge in [0, 0.05) is 18.1 Å². The lowest BCUT2D eigenvalue weighted by Gasteiger charge is -2.33. The molecule has 2 atom stereocenters. The van der Waals surface area contributed by atoms with Crippen LogP contribution < -0.4 is 5.73 Å². The molecule has 0 heterocycles. The average Bonchev–Trinajstić information content (AvgIpc) is 2.01. The van der Waals surface area contributed by atoms with Crippen LogP contribution >= 0.6 is 0 Å². The number of likely N-dealkylation sites (N-methyl/N-ethyl adjacent to an activating group) is 1. The lowest BCUT2D eigenvalue weighted by molar-refractivity contribution is 0.194. The summed E-state index contributed by atoms with van der Waals surface area (Å²) in [5.41, 5.74) is 6.16. The van der Waals surface area contributed by atoms with Gasteiger partial charge in [0.2, 0.25) is 0 Å². The summed E-state index contributed by atoms with van der Waals surface area (Å²) in [5, 5.41) is 0. The van der Waals surface area contributed by atoms with Gasteiger partial charge in [0.25, 0.3) is 0 Å². The fraction of sp³-hybridized carbons (Fsp3) is 1.00. The van der Waals surface area contributed by atoms with E-state index < -0.39 is 0 Å². The molecular formula is C11H26N2. The molecule has 80 valence electrons. The van der Waals surface area contributed by atoms with Crippen LogP contribution in [0.1, 0.15) is 47.0 Å². The molecule has 0 aromatic carbocycles. The lowest BCUT2D eigenvalue weighted by atomic mass is 9.96. The first-order chi connectivity index (χ1) is 5.93. The minimum Gasteiger partial charge on any atom is -0.324 e. The van der Waals surface area contributed by atoms with E-state index >= 15 is 0 Å². The van der Waals surface area contributed by atoms with Crippen LogP contribution in [0.5, 0.6) is 0 Å². The van der Waals surface area contributed by atoms with Crippen molar-refractivity contribution in [3.8, 4) is 0 Å². The van der Waals surface area contributed by atoms with Gasteiger partial charge in [0.1, 0.15) is 0 Å². The van der Waals surface area contributed by atoms with Crippen molar-refractivity contribution in [2.75, 3.05) is 13.6 Å². The van der Waals surface area contributed by atoms with Crippen LogP contribution in [0.2, 0.25) is 0 Å². The molecule has 2 heteroatoms. The Morgan fingerprint density at radius 2 is 1.92 bits per heavy atom. The Bertz CT molecular complexity index is 132. The van der Waals surface area contributed by atoms with Gasteiger partial charge in [-0.3, -0.25) is 0 Å². The highest BCUT2D eigenvalue weighted by atomic mass is 15.1. The van der Waals surface area contributed by atoms with Gasteiger partial charge in [-0.05, 0) is 33.7 Å². The predicted molar refractivity (Wildman–Crippen MR) is 59.9 cm³/mol. The first-order valence-corrected chi connectivity index (χ1v) is 5.42. The highest BCUT2D eigenvalue weighted by Gasteiger charge is 2.21. The van der Waals surface area contributed by atoms with Crippen molar-refractivity contribution >= 4 is 0 Å². The second-order valence-corrected chi connectivity index (χ2v) is 4.58. The van der Waals surface area contributed by atoms with Crippen molar-refractivity contribution in [3.05, 3.63) is 0 Å². The third-order valence-corrected chi connectivity index (χ3v) is 2.77. The highest BCUT2D eigenvalue weighted by Crippen LogP contribution is 2.12. The smallest absolute Gasteiger partial charge is 0.0254 e. The molecule has 0 amide bonds. The van der Waals surface area contributed by atoms with Crippen LogP contribution in [0.3, 0.4) is 0 Å². The van der Waals surface area contributed by atoms with Gasteiger partial charge < -0.3 is 10.6 Å². The van der Waals surface area contributed by atoms with E-state index in [-0.39, 0.29) is 5.54 Å². The van der Waals surface area contributed by atoms with Crippen molar-refractivity contribution in [1.82, 2.24) is 4.90 Å². The second-order valence-electron chi connectivity index (χ2n) is 4.58. The van der Waals surface area contributed by atoms with Gasteiger partial charge in [0.05, 0.1) is 0 Å². The summed E-state index contributed by atoms with van der Waals surface area (Å²) in [5.74, 6) is 0. The van der Waals surface area contributed by atoms with Gasteiger partial charge >= 0.3 is 0 Å². The van der Waals surface area contributed by atoms with E-state index in [1.807, 2.05) is 0 Å². The quantitative estimate of drug-likeness (QED) is 0.689. The highest BCUT2D eigenvalue weighted by molar-refractivity contribution is 4.82. The van der Waals surface area contributed by atoms with Crippen LogP contribution in [0, 0.1) is 0 Å². The van der Waals surface area contributed by atoms with Crippen molar-refractivity contribution in [3.63, 3.8) is 0 Å². The summed E-state index contributed by atoms with van der Waals surface area (Å²) < 4.78 is 0. The molecule has 0 aliphatic carbocycles. The predicted octanol–water partition coefficient (Wildman–Crippen LogP) is 2.23. The van der Waals surface area contributed by atoms with Crippen LogP contribution in [-0.2, 0) is 0 Å². The molecule has 2 nitrogen and oxygen atoms in total. The summed E-state index contributed by atoms with van der Waals surface area (Å²) in [6.07, 6.45) is 3.47. The van der Waals surface area contributed by atoms with Gasteiger partial charge in [-0.25, -0.2) is 0 Å². The number of hydrogen-bond donors (Lipinski definition) is 1. The standard InChI is InChI=1S/C11H26N2/c1-6-8-11(4,12)9-13(5)10(3)7-2/h10H,6-9,12H2,1-5H3. The Morgan fingerprint density at radius 3 is 2.31 bits per heavy atom. The number of rotatable bonds is 6. The van der Waals surface area contributed by atoms with Gasteiger partial charge in [0.15, 0.2) is 0 Å². The summed E-state index contributed by atoms with van der Waals surface area (Å²) in [7, 11) is 2.16. The Labute approximate surface area is 83.5 Å². The van der Waals surface area contributed by atoms with Crippen molar-refractivity contribution in [1.29, 1.82) is 0 Å². The minimum atomic E-state index is -0.0209. The maximum atomic E-state index is 6.18. The van der Waals surface area contributed by atoms with E-state index in [1.165, 1.54) is 12.8 Å². The van der Waals surface area contributed by atoms with Crippen LogP contribution in [0.15, 0.2) is 0 Å². The van der Waals surface area contributed by atoms with Crippen LogP contribution in [0.25, 0.3) is 0 Å². The SMILES string of the molecule is CCCC(C)(N)CN(C)C(C)CC. The zero-order valence-electron chi connectivity index (χ0n) is 9.93. The molecule has 0 fully saturated rings. The Morgan fingerprint density at radius 1 is 1.38 bits per heavy atom. The van der Waals surface area contributed by atoms with Crippen molar-refractivity contribution in [2.24, 2.45) is 5.73 Å². The first-order valence-electron chi connectivity index (χ1n) is 5.42. The summed E-state index contributed by atoms with van der Waals surface area (Å²) in [4.78, 5) is 2.36. The Hall–Kier alpha value is -0.0800. The van der Waals surface area contributed by atoms with Gasteiger partial charge in [-0.15, -0.1) is 0 Å². The summed E-state index contributed by atoms with van der Waals surface area (Å²) >= 11 is 0. The Balaban J connectivity index is 3.94. The third-order valence-electron chi connectivity index (χ3n) is 2.77. The van der Waals surface area contributed by atoms with E-state index in [1.54, 1.807) is 0 Å².